The van der Waals surface area contributed by atoms with Gasteiger partial charge in [0, 0.05) is 0 Å². The van der Waals surface area contributed by atoms with Gasteiger partial charge in [0.2, 0.25) is 6.79 Å². The number of hydrogen-bond donors (Lipinski definition) is 1. The molecule has 2 aliphatic heterocycles. The summed E-state index contributed by atoms with van der Waals surface area (Å²) in [7, 11) is 0. The van der Waals surface area contributed by atoms with Crippen molar-refractivity contribution in [2.24, 2.45) is 0 Å². The molecule has 1 aromatic rings. The Morgan fingerprint density at radius 3 is 2.67 bits per heavy atom. The highest BCUT2D eigenvalue weighted by Gasteiger charge is 2.62. The van der Waals surface area contributed by atoms with Gasteiger partial charge in [0.1, 0.15) is 0 Å². The van der Waals surface area contributed by atoms with Gasteiger partial charge >= 0.3 is 6.05 Å². The average Bonchev–Trinajstić information content (AvgIpc) is 2.88. The lowest BCUT2D eigenvalue weighted by atomic mass is 9.95. The van der Waals surface area contributed by atoms with Crippen LogP contribution in [-0.2, 0) is 8.22 Å². The number of Topliss-reactive ketones (excluding diaryl/α,β-unsaturated/α-hetero) is 1. The van der Waals surface area contributed by atoms with Gasteiger partial charge in [0.25, 0.3) is 0 Å². The highest BCUT2D eigenvalue weighted by molar-refractivity contribution is 14.1. The van der Waals surface area contributed by atoms with E-state index in [-0.39, 0.29) is 18.9 Å². The average molecular weight is 367 g/mol. The third kappa shape index (κ3) is 1.46. The van der Waals surface area contributed by atoms with E-state index in [0.29, 0.717) is 11.5 Å². The van der Waals surface area contributed by atoms with E-state index in [1.807, 2.05) is 5.32 Å². The summed E-state index contributed by atoms with van der Waals surface area (Å²) in [4.78, 5) is 11.8. The minimum Gasteiger partial charge on any atom is -0.454 e. The Morgan fingerprint density at radius 1 is 1.28 bits per heavy atom. The van der Waals surface area contributed by atoms with Gasteiger partial charge in [-0.3, -0.25) is 4.79 Å². The smallest absolute Gasteiger partial charge is 0.328 e. The molecule has 0 aliphatic carbocycles. The zero-order valence-electron chi connectivity index (χ0n) is 9.00. The highest BCUT2D eigenvalue weighted by atomic mass is 127. The third-order valence-corrected chi connectivity index (χ3v) is 4.96. The van der Waals surface area contributed by atoms with E-state index in [0.717, 1.165) is 0 Å². The molecule has 0 aromatic heterocycles. The van der Waals surface area contributed by atoms with Crippen LogP contribution in [0.1, 0.15) is 5.56 Å². The van der Waals surface area contributed by atoms with Gasteiger partial charge < -0.3 is 9.47 Å². The van der Waals surface area contributed by atoms with E-state index in [1.54, 1.807) is 6.07 Å². The van der Waals surface area contributed by atoms with Crippen molar-refractivity contribution >= 4 is 28.4 Å². The first-order valence-electron chi connectivity index (χ1n) is 5.20. The van der Waals surface area contributed by atoms with E-state index in [2.05, 4.69) is 0 Å². The minimum absolute atomic E-state index is 0.0651. The molecular weight excluding hydrogens is 359 g/mol. The molecule has 0 radical (unpaired) electrons. The Hall–Kier alpha value is -0.960. The molecule has 3 rings (SSSR count). The Kier molecular flexibility index (Phi) is 2.53. The maximum atomic E-state index is 13.9. The zero-order chi connectivity index (χ0) is 13.0. The molecule has 7 heteroatoms. The number of nitrogens with one attached hydrogen (secondary N) is 1. The number of ether oxygens (including phenoxy) is 2. The topological polar surface area (TPSA) is 47.6 Å². The fraction of sp³-hybridized carbons (Fsp3) is 0.364. The Bertz CT molecular complexity index is 537. The molecular formula is C11H8F2INO3. The number of carbonyl (C=O) groups is 1. The predicted molar refractivity (Wildman–Crippen MR) is 66.2 cm³/mol. The van der Waals surface area contributed by atoms with E-state index in [4.69, 9.17) is 9.47 Å². The second kappa shape index (κ2) is 3.77. The van der Waals surface area contributed by atoms with Crippen molar-refractivity contribution in [3.8, 4) is 11.5 Å². The monoisotopic (exact) mass is 367 g/mol. The summed E-state index contributed by atoms with van der Waals surface area (Å²) >= 11 is 1.51. The SMILES string of the molecule is O=C1CNC(F)(F)C1(I)c1ccc2c(c1)OCO2. The maximum Gasteiger partial charge on any atom is 0.328 e. The molecule has 1 N–H and O–H groups in total. The summed E-state index contributed by atoms with van der Waals surface area (Å²) in [5.74, 6) is 0.339. The van der Waals surface area contributed by atoms with Gasteiger partial charge in [0.15, 0.2) is 20.7 Å². The first-order valence-corrected chi connectivity index (χ1v) is 6.28. The molecule has 1 atom stereocenters. The van der Waals surface area contributed by atoms with Crippen LogP contribution >= 0.6 is 22.6 Å². The van der Waals surface area contributed by atoms with E-state index in [1.165, 1.54) is 34.7 Å². The lowest BCUT2D eigenvalue weighted by Gasteiger charge is -2.27. The first-order chi connectivity index (χ1) is 8.45. The molecule has 1 unspecified atom stereocenters. The lowest BCUT2D eigenvalue weighted by molar-refractivity contribution is -0.122. The summed E-state index contributed by atoms with van der Waals surface area (Å²) in [6, 6.07) is 1.17. The number of carbonyl (C=O) groups excluding carboxylic acids is 1. The van der Waals surface area contributed by atoms with Gasteiger partial charge in [-0.25, -0.2) is 5.32 Å². The van der Waals surface area contributed by atoms with E-state index < -0.39 is 15.3 Å². The van der Waals surface area contributed by atoms with Crippen molar-refractivity contribution in [1.82, 2.24) is 5.32 Å². The maximum absolute atomic E-state index is 13.9. The summed E-state index contributed by atoms with van der Waals surface area (Å²) in [5.41, 5.74) is 0.215. The quantitative estimate of drug-likeness (QED) is 0.467. The summed E-state index contributed by atoms with van der Waals surface area (Å²) < 4.78 is 36.1. The third-order valence-electron chi connectivity index (χ3n) is 3.06. The van der Waals surface area contributed by atoms with Crippen molar-refractivity contribution in [1.29, 1.82) is 0 Å². The van der Waals surface area contributed by atoms with Gasteiger partial charge in [-0.1, -0.05) is 28.7 Å². The van der Waals surface area contributed by atoms with E-state index in [9.17, 15) is 13.6 Å². The van der Waals surface area contributed by atoms with Gasteiger partial charge in [-0.2, -0.15) is 8.78 Å². The molecule has 1 fully saturated rings. The minimum atomic E-state index is -3.28. The predicted octanol–water partition coefficient (Wildman–Crippen LogP) is 1.81. The van der Waals surface area contributed by atoms with Crippen molar-refractivity contribution in [2.45, 2.75) is 9.47 Å². The fourth-order valence-electron chi connectivity index (χ4n) is 2.06. The van der Waals surface area contributed by atoms with Crippen LogP contribution in [0.25, 0.3) is 0 Å². The van der Waals surface area contributed by atoms with Crippen LogP contribution in [0.15, 0.2) is 18.2 Å². The molecule has 0 spiro atoms. The van der Waals surface area contributed by atoms with Crippen molar-refractivity contribution in [3.05, 3.63) is 23.8 Å². The molecule has 1 aromatic carbocycles. The van der Waals surface area contributed by atoms with E-state index >= 15 is 0 Å². The molecule has 0 saturated carbocycles. The Labute approximate surface area is 115 Å². The van der Waals surface area contributed by atoms with Crippen LogP contribution in [0, 0.1) is 0 Å². The zero-order valence-corrected chi connectivity index (χ0v) is 11.2. The summed E-state index contributed by atoms with van der Waals surface area (Å²) in [6.07, 6.45) is 0. The summed E-state index contributed by atoms with van der Waals surface area (Å²) in [5, 5.41) is 1.94. The van der Waals surface area contributed by atoms with Crippen LogP contribution in [0.4, 0.5) is 8.78 Å². The molecule has 0 amide bonds. The molecule has 0 bridgehead atoms. The largest absolute Gasteiger partial charge is 0.454 e. The van der Waals surface area contributed by atoms with Crippen molar-refractivity contribution < 1.29 is 23.0 Å². The number of halogens is 3. The van der Waals surface area contributed by atoms with Crippen LogP contribution in [0.5, 0.6) is 11.5 Å². The number of benzene rings is 1. The number of rotatable bonds is 1. The number of alkyl halides is 3. The van der Waals surface area contributed by atoms with Gasteiger partial charge in [-0.15, -0.1) is 0 Å². The molecule has 1 saturated heterocycles. The number of ketones is 1. The second-order valence-corrected chi connectivity index (χ2v) is 5.70. The molecule has 2 aliphatic rings. The van der Waals surface area contributed by atoms with Gasteiger partial charge in [0.05, 0.1) is 6.54 Å². The fourth-order valence-corrected chi connectivity index (χ4v) is 2.78. The number of hydrogen-bond acceptors (Lipinski definition) is 4. The molecule has 96 valence electrons. The normalized spacial score (nSPS) is 28.7. The lowest BCUT2D eigenvalue weighted by Crippen LogP contribution is -2.45. The van der Waals surface area contributed by atoms with Crippen LogP contribution in [0.2, 0.25) is 0 Å². The standard InChI is InChI=1S/C11H8F2INO3/c12-11(13)10(14,9(16)4-15-11)6-1-2-7-8(3-6)18-5-17-7/h1-3,15H,4-5H2. The van der Waals surface area contributed by atoms with Crippen LogP contribution in [0.3, 0.4) is 0 Å². The second-order valence-electron chi connectivity index (χ2n) is 4.08. The molecule has 2 heterocycles. The Morgan fingerprint density at radius 2 is 2.00 bits per heavy atom. The molecule has 18 heavy (non-hydrogen) atoms. The Balaban J connectivity index is 2.11. The van der Waals surface area contributed by atoms with Crippen molar-refractivity contribution in [2.75, 3.05) is 13.3 Å². The van der Waals surface area contributed by atoms with Crippen molar-refractivity contribution in [3.63, 3.8) is 0 Å². The van der Waals surface area contributed by atoms with Crippen LogP contribution < -0.4 is 14.8 Å². The first kappa shape index (κ1) is 12.1. The molecule has 4 nitrogen and oxygen atoms in total. The summed E-state index contributed by atoms with van der Waals surface area (Å²) in [6.45, 7) is -0.278. The number of fused-ring (bicyclic) bond motifs is 1. The van der Waals surface area contributed by atoms with Crippen LogP contribution in [-0.4, -0.2) is 25.2 Å². The van der Waals surface area contributed by atoms with Gasteiger partial charge in [-0.05, 0) is 17.7 Å². The highest BCUT2D eigenvalue weighted by Crippen LogP contribution is 2.50.